The number of rotatable bonds is 7. The summed E-state index contributed by atoms with van der Waals surface area (Å²) in [6.45, 7) is 6.69. The van der Waals surface area contributed by atoms with Crippen LogP contribution in [0.4, 0.5) is 5.69 Å². The van der Waals surface area contributed by atoms with Crippen LogP contribution in [0.1, 0.15) is 46.5 Å². The second-order valence-electron chi connectivity index (χ2n) is 6.01. The smallest absolute Gasteiger partial charge is 0.241 e. The van der Waals surface area contributed by atoms with Gasteiger partial charge in [0, 0.05) is 6.04 Å². The van der Waals surface area contributed by atoms with Crippen LogP contribution in [0.25, 0.3) is 0 Å². The summed E-state index contributed by atoms with van der Waals surface area (Å²) < 4.78 is 5.55. The van der Waals surface area contributed by atoms with Crippen molar-refractivity contribution in [3.63, 3.8) is 0 Å². The highest BCUT2D eigenvalue weighted by Gasteiger charge is 2.28. The molecule has 2 rings (SSSR count). The molecule has 1 aliphatic rings. The maximum Gasteiger partial charge on any atom is 0.241 e. The van der Waals surface area contributed by atoms with Crippen molar-refractivity contribution in [2.24, 2.45) is 5.92 Å². The number of carbonyl (C=O) groups is 1. The number of para-hydroxylation sites is 2. The average molecular weight is 304 g/mol. The van der Waals surface area contributed by atoms with Crippen molar-refractivity contribution in [3.05, 3.63) is 24.3 Å². The Morgan fingerprint density at radius 1 is 1.32 bits per heavy atom. The van der Waals surface area contributed by atoms with Gasteiger partial charge in [-0.25, -0.2) is 0 Å². The zero-order chi connectivity index (χ0) is 15.9. The highest BCUT2D eigenvalue weighted by atomic mass is 16.5. The van der Waals surface area contributed by atoms with Crippen molar-refractivity contribution in [2.75, 3.05) is 11.9 Å². The number of amides is 1. The Morgan fingerprint density at radius 3 is 2.82 bits per heavy atom. The summed E-state index contributed by atoms with van der Waals surface area (Å²) in [7, 11) is 0. The monoisotopic (exact) mass is 304 g/mol. The summed E-state index contributed by atoms with van der Waals surface area (Å²) in [6, 6.07) is 7.83. The third-order valence-corrected chi connectivity index (χ3v) is 4.49. The van der Waals surface area contributed by atoms with Crippen LogP contribution in [0.2, 0.25) is 0 Å². The molecule has 0 spiro atoms. The van der Waals surface area contributed by atoms with Gasteiger partial charge < -0.3 is 15.4 Å². The van der Waals surface area contributed by atoms with Crippen LogP contribution < -0.4 is 15.4 Å². The Morgan fingerprint density at radius 2 is 2.09 bits per heavy atom. The van der Waals surface area contributed by atoms with Crippen molar-refractivity contribution >= 4 is 11.6 Å². The van der Waals surface area contributed by atoms with E-state index in [2.05, 4.69) is 17.6 Å². The summed E-state index contributed by atoms with van der Waals surface area (Å²) in [5.74, 6) is 1.41. The van der Waals surface area contributed by atoms with E-state index in [1.807, 2.05) is 38.1 Å². The molecule has 0 heterocycles. The molecule has 0 bridgehead atoms. The largest absolute Gasteiger partial charge is 0.492 e. The molecule has 4 heteroatoms. The van der Waals surface area contributed by atoms with Crippen LogP contribution in [-0.2, 0) is 4.79 Å². The number of ether oxygens (including phenoxy) is 1. The number of hydrogen-bond acceptors (Lipinski definition) is 3. The third kappa shape index (κ3) is 4.23. The fourth-order valence-electron chi connectivity index (χ4n) is 3.23. The SMILES string of the molecule is CCOc1ccccc1NC(=O)[C@H](C)N[C@@H]1CCC[C@@H]1CC. The van der Waals surface area contributed by atoms with Gasteiger partial charge in [-0.15, -0.1) is 0 Å². The average Bonchev–Trinajstić information content (AvgIpc) is 2.96. The highest BCUT2D eigenvalue weighted by Crippen LogP contribution is 2.28. The summed E-state index contributed by atoms with van der Waals surface area (Å²) in [5, 5.41) is 6.47. The van der Waals surface area contributed by atoms with Crippen LogP contribution in [0.3, 0.4) is 0 Å². The van der Waals surface area contributed by atoms with E-state index in [1.165, 1.54) is 25.7 Å². The van der Waals surface area contributed by atoms with Gasteiger partial charge in [0.15, 0.2) is 0 Å². The van der Waals surface area contributed by atoms with Gasteiger partial charge in [-0.05, 0) is 44.7 Å². The lowest BCUT2D eigenvalue weighted by Gasteiger charge is -2.24. The number of benzene rings is 1. The lowest BCUT2D eigenvalue weighted by molar-refractivity contribution is -0.118. The molecule has 1 aromatic carbocycles. The first kappa shape index (κ1) is 16.8. The van der Waals surface area contributed by atoms with Gasteiger partial charge in [0.2, 0.25) is 5.91 Å². The van der Waals surface area contributed by atoms with Crippen LogP contribution in [0.5, 0.6) is 5.75 Å². The van der Waals surface area contributed by atoms with Crippen molar-refractivity contribution in [3.8, 4) is 5.75 Å². The standard InChI is InChI=1S/C18H28N2O2/c1-4-14-9-8-11-15(14)19-13(3)18(21)20-16-10-6-7-12-17(16)22-5-2/h6-7,10,12-15,19H,4-5,8-9,11H2,1-3H3,(H,20,21)/t13-,14-,15+/m0/s1. The molecule has 22 heavy (non-hydrogen) atoms. The van der Waals surface area contributed by atoms with E-state index in [4.69, 9.17) is 4.74 Å². The van der Waals surface area contributed by atoms with Gasteiger partial charge in [-0.3, -0.25) is 4.79 Å². The molecule has 2 N–H and O–H groups in total. The van der Waals surface area contributed by atoms with Gasteiger partial charge >= 0.3 is 0 Å². The number of nitrogens with one attached hydrogen (secondary N) is 2. The first-order valence-corrected chi connectivity index (χ1v) is 8.44. The van der Waals surface area contributed by atoms with Gasteiger partial charge in [0.05, 0.1) is 18.3 Å². The molecule has 3 atom stereocenters. The quantitative estimate of drug-likeness (QED) is 0.809. The topological polar surface area (TPSA) is 50.4 Å². The third-order valence-electron chi connectivity index (χ3n) is 4.49. The molecule has 0 aromatic heterocycles. The first-order chi connectivity index (χ1) is 10.7. The van der Waals surface area contributed by atoms with Gasteiger partial charge in [0.25, 0.3) is 0 Å². The fraction of sp³-hybridized carbons (Fsp3) is 0.611. The molecule has 0 radical (unpaired) electrons. The number of carbonyl (C=O) groups excluding carboxylic acids is 1. The lowest BCUT2D eigenvalue weighted by Crippen LogP contribution is -2.45. The van der Waals surface area contributed by atoms with E-state index >= 15 is 0 Å². The van der Waals surface area contributed by atoms with Crippen molar-refractivity contribution in [1.29, 1.82) is 0 Å². The molecule has 1 aliphatic carbocycles. The van der Waals surface area contributed by atoms with Gasteiger partial charge in [-0.1, -0.05) is 31.9 Å². The summed E-state index contributed by atoms with van der Waals surface area (Å²) >= 11 is 0. The second kappa shape index (κ2) is 8.18. The Balaban J connectivity index is 1.94. The van der Waals surface area contributed by atoms with Crippen molar-refractivity contribution in [1.82, 2.24) is 5.32 Å². The predicted molar refractivity (Wildman–Crippen MR) is 90.3 cm³/mol. The normalized spacial score (nSPS) is 22.3. The van der Waals surface area contributed by atoms with Crippen LogP contribution >= 0.6 is 0 Å². The van der Waals surface area contributed by atoms with Crippen molar-refractivity contribution in [2.45, 2.75) is 58.5 Å². The fourth-order valence-corrected chi connectivity index (χ4v) is 3.23. The van der Waals surface area contributed by atoms with E-state index in [-0.39, 0.29) is 11.9 Å². The lowest BCUT2D eigenvalue weighted by atomic mass is 10.00. The van der Waals surface area contributed by atoms with E-state index < -0.39 is 0 Å². The highest BCUT2D eigenvalue weighted by molar-refractivity contribution is 5.95. The summed E-state index contributed by atoms with van der Waals surface area (Å²) in [5.41, 5.74) is 0.737. The van der Waals surface area contributed by atoms with Crippen LogP contribution in [0, 0.1) is 5.92 Å². The van der Waals surface area contributed by atoms with E-state index in [9.17, 15) is 4.79 Å². The Labute approximate surface area is 133 Å². The predicted octanol–water partition coefficient (Wildman–Crippen LogP) is 3.58. The molecule has 4 nitrogen and oxygen atoms in total. The zero-order valence-electron chi connectivity index (χ0n) is 13.9. The molecule has 122 valence electrons. The van der Waals surface area contributed by atoms with E-state index in [0.717, 1.165) is 11.4 Å². The Bertz CT molecular complexity index is 490. The molecule has 0 unspecified atom stereocenters. The number of hydrogen-bond donors (Lipinski definition) is 2. The maximum atomic E-state index is 12.4. The molecule has 0 aliphatic heterocycles. The summed E-state index contributed by atoms with van der Waals surface area (Å²) in [6.07, 6.45) is 4.89. The van der Waals surface area contributed by atoms with E-state index in [0.29, 0.717) is 18.6 Å². The zero-order valence-corrected chi connectivity index (χ0v) is 13.9. The minimum Gasteiger partial charge on any atom is -0.492 e. The number of anilines is 1. The molecule has 1 amide bonds. The first-order valence-electron chi connectivity index (χ1n) is 8.44. The molecule has 1 aromatic rings. The minimum atomic E-state index is -0.202. The minimum absolute atomic E-state index is 0.00564. The Hall–Kier alpha value is -1.55. The van der Waals surface area contributed by atoms with Crippen LogP contribution in [-0.4, -0.2) is 24.6 Å². The van der Waals surface area contributed by atoms with Crippen molar-refractivity contribution < 1.29 is 9.53 Å². The Kier molecular flexibility index (Phi) is 6.25. The maximum absolute atomic E-state index is 12.4. The summed E-state index contributed by atoms with van der Waals surface area (Å²) in [4.78, 5) is 12.4. The van der Waals surface area contributed by atoms with Crippen LogP contribution in [0.15, 0.2) is 24.3 Å². The molecular formula is C18H28N2O2. The molecule has 1 saturated carbocycles. The molecule has 1 fully saturated rings. The van der Waals surface area contributed by atoms with E-state index in [1.54, 1.807) is 0 Å². The van der Waals surface area contributed by atoms with Gasteiger partial charge in [0.1, 0.15) is 5.75 Å². The second-order valence-corrected chi connectivity index (χ2v) is 6.01. The molecular weight excluding hydrogens is 276 g/mol. The van der Waals surface area contributed by atoms with Gasteiger partial charge in [-0.2, -0.15) is 0 Å². The molecule has 0 saturated heterocycles.